The molecule has 31 heavy (non-hydrogen) atoms. The van der Waals surface area contributed by atoms with Crippen molar-refractivity contribution in [1.29, 1.82) is 0 Å². The van der Waals surface area contributed by atoms with E-state index in [4.69, 9.17) is 9.47 Å². The normalized spacial score (nSPS) is 19.4. The van der Waals surface area contributed by atoms with Crippen molar-refractivity contribution in [3.63, 3.8) is 0 Å². The third-order valence-corrected chi connectivity index (χ3v) is 6.73. The van der Waals surface area contributed by atoms with Crippen molar-refractivity contribution in [1.82, 2.24) is 4.90 Å². The maximum atomic E-state index is 13.3. The molecule has 0 aliphatic carbocycles. The number of nitrogens with one attached hydrogen (secondary N) is 1. The van der Waals surface area contributed by atoms with Crippen molar-refractivity contribution in [3.8, 4) is 11.5 Å². The molecular formula is C22H21N3O5S. The smallest absolute Gasteiger partial charge is 0.250 e. The number of ether oxygens (including phenoxy) is 2. The van der Waals surface area contributed by atoms with Gasteiger partial charge in [-0.2, -0.15) is 0 Å². The Morgan fingerprint density at radius 2 is 1.84 bits per heavy atom. The molecule has 1 saturated heterocycles. The summed E-state index contributed by atoms with van der Waals surface area (Å²) in [5, 5.41) is 1.93. The molecule has 8 nitrogen and oxygen atoms in total. The van der Waals surface area contributed by atoms with Gasteiger partial charge < -0.3 is 24.6 Å². The molecule has 3 amide bonds. The Hall–Kier alpha value is -3.20. The molecule has 0 aromatic heterocycles. The molecule has 160 valence electrons. The highest BCUT2D eigenvalue weighted by molar-refractivity contribution is 8.01. The molecule has 0 saturated carbocycles. The number of thioether (sulfide) groups is 1. The second-order valence-electron chi connectivity index (χ2n) is 7.54. The molecule has 0 bridgehead atoms. The Labute approximate surface area is 183 Å². The highest BCUT2D eigenvalue weighted by atomic mass is 32.2. The number of nitrogens with zero attached hydrogens (tertiary/aromatic N) is 2. The van der Waals surface area contributed by atoms with E-state index >= 15 is 0 Å². The zero-order valence-corrected chi connectivity index (χ0v) is 17.5. The van der Waals surface area contributed by atoms with Gasteiger partial charge in [0.05, 0.1) is 5.69 Å². The molecule has 0 spiro atoms. The zero-order chi connectivity index (χ0) is 21.4. The lowest BCUT2D eigenvalue weighted by atomic mass is 10.2. The predicted octanol–water partition coefficient (Wildman–Crippen LogP) is 2.48. The van der Waals surface area contributed by atoms with Crippen LogP contribution in [0, 0.1) is 0 Å². The highest BCUT2D eigenvalue weighted by Crippen LogP contribution is 2.40. The van der Waals surface area contributed by atoms with Crippen LogP contribution in [0.5, 0.6) is 11.5 Å². The van der Waals surface area contributed by atoms with Gasteiger partial charge in [-0.1, -0.05) is 12.1 Å². The van der Waals surface area contributed by atoms with Crippen LogP contribution >= 0.6 is 11.8 Å². The minimum Gasteiger partial charge on any atom is -0.454 e. The molecule has 9 heteroatoms. The van der Waals surface area contributed by atoms with Crippen LogP contribution in [0.2, 0.25) is 0 Å². The first kappa shape index (κ1) is 19.7. The van der Waals surface area contributed by atoms with Gasteiger partial charge in [0.1, 0.15) is 6.54 Å². The lowest BCUT2D eigenvalue weighted by Gasteiger charge is -2.34. The van der Waals surface area contributed by atoms with E-state index < -0.39 is 5.25 Å². The average Bonchev–Trinajstić information content (AvgIpc) is 3.47. The van der Waals surface area contributed by atoms with Crippen LogP contribution in [0.1, 0.15) is 12.8 Å². The molecule has 1 N–H and O–H groups in total. The van der Waals surface area contributed by atoms with Crippen molar-refractivity contribution in [2.45, 2.75) is 23.0 Å². The minimum atomic E-state index is -0.869. The Morgan fingerprint density at radius 1 is 1.06 bits per heavy atom. The van der Waals surface area contributed by atoms with Gasteiger partial charge in [-0.25, -0.2) is 0 Å². The molecule has 0 unspecified atom stereocenters. The second-order valence-corrected chi connectivity index (χ2v) is 8.69. The third kappa shape index (κ3) is 3.81. The number of anilines is 2. The SMILES string of the molecule is O=C(CN1C(=O)[C@@H](C(=O)N2CCCC2)Sc2ccccc21)Nc1ccc2c(c1)OCO2. The third-order valence-electron chi connectivity index (χ3n) is 5.49. The number of benzene rings is 2. The maximum absolute atomic E-state index is 13.3. The molecule has 0 radical (unpaired) electrons. The second kappa shape index (κ2) is 8.14. The lowest BCUT2D eigenvalue weighted by molar-refractivity contribution is -0.134. The van der Waals surface area contributed by atoms with Crippen LogP contribution < -0.4 is 19.7 Å². The van der Waals surface area contributed by atoms with Gasteiger partial charge in [0, 0.05) is 29.7 Å². The Kier molecular flexibility index (Phi) is 5.19. The summed E-state index contributed by atoms with van der Waals surface area (Å²) in [6.45, 7) is 1.31. The number of rotatable bonds is 4. The van der Waals surface area contributed by atoms with E-state index in [0.717, 1.165) is 17.7 Å². The summed E-state index contributed by atoms with van der Waals surface area (Å²) in [6.07, 6.45) is 1.91. The van der Waals surface area contributed by atoms with Crippen LogP contribution in [0.4, 0.5) is 11.4 Å². The Balaban J connectivity index is 1.35. The number of carbonyl (C=O) groups excluding carboxylic acids is 3. The number of fused-ring (bicyclic) bond motifs is 2. The molecule has 3 aliphatic rings. The molecular weight excluding hydrogens is 418 g/mol. The van der Waals surface area contributed by atoms with E-state index in [0.29, 0.717) is 36.0 Å². The molecule has 2 aromatic carbocycles. The van der Waals surface area contributed by atoms with Gasteiger partial charge >= 0.3 is 0 Å². The number of hydrogen-bond donors (Lipinski definition) is 1. The minimum absolute atomic E-state index is 0.149. The van der Waals surface area contributed by atoms with Crippen molar-refractivity contribution in [2.75, 3.05) is 36.6 Å². The first-order valence-electron chi connectivity index (χ1n) is 10.2. The van der Waals surface area contributed by atoms with E-state index in [9.17, 15) is 14.4 Å². The van der Waals surface area contributed by atoms with Gasteiger partial charge in [0.15, 0.2) is 16.7 Å². The molecule has 2 aromatic rings. The first-order valence-corrected chi connectivity index (χ1v) is 11.0. The highest BCUT2D eigenvalue weighted by Gasteiger charge is 2.41. The predicted molar refractivity (Wildman–Crippen MR) is 115 cm³/mol. The maximum Gasteiger partial charge on any atom is 0.250 e. The molecule has 1 fully saturated rings. The standard InChI is InChI=1S/C22H21N3O5S/c26-19(23-14-7-8-16-17(11-14)30-13-29-16)12-25-15-5-1-2-6-18(15)31-20(22(25)28)21(27)24-9-3-4-10-24/h1-2,5-8,11,20H,3-4,9-10,12-13H2,(H,23,26)/t20-/m1/s1. The first-order chi connectivity index (χ1) is 15.1. The van der Waals surface area contributed by atoms with E-state index in [1.807, 2.05) is 18.2 Å². The number of para-hydroxylation sites is 1. The summed E-state index contributed by atoms with van der Waals surface area (Å²) in [7, 11) is 0. The molecule has 3 aliphatic heterocycles. The van der Waals surface area contributed by atoms with Crippen molar-refractivity contribution in [3.05, 3.63) is 42.5 Å². The van der Waals surface area contributed by atoms with Crippen LogP contribution in [0.15, 0.2) is 47.4 Å². The number of likely N-dealkylation sites (tertiary alicyclic amines) is 1. The largest absolute Gasteiger partial charge is 0.454 e. The quantitative estimate of drug-likeness (QED) is 0.737. The number of hydrogen-bond acceptors (Lipinski definition) is 6. The van der Waals surface area contributed by atoms with Crippen LogP contribution in [-0.2, 0) is 14.4 Å². The Bertz CT molecular complexity index is 1050. The van der Waals surface area contributed by atoms with E-state index in [-0.39, 0.29) is 31.1 Å². The summed E-state index contributed by atoms with van der Waals surface area (Å²) >= 11 is 1.26. The van der Waals surface area contributed by atoms with Gasteiger partial charge in [-0.05, 0) is 37.1 Å². The zero-order valence-electron chi connectivity index (χ0n) is 16.7. The lowest BCUT2D eigenvalue weighted by Crippen LogP contribution is -2.51. The molecule has 5 rings (SSSR count). The Morgan fingerprint density at radius 3 is 2.68 bits per heavy atom. The van der Waals surface area contributed by atoms with Crippen molar-refractivity contribution >= 4 is 40.9 Å². The fourth-order valence-corrected chi connectivity index (χ4v) is 5.15. The number of carbonyl (C=O) groups is 3. The van der Waals surface area contributed by atoms with E-state index in [1.165, 1.54) is 16.7 Å². The van der Waals surface area contributed by atoms with Gasteiger partial charge in [-0.15, -0.1) is 11.8 Å². The average molecular weight is 439 g/mol. The van der Waals surface area contributed by atoms with Gasteiger partial charge in [0.2, 0.25) is 18.6 Å². The topological polar surface area (TPSA) is 88.2 Å². The summed E-state index contributed by atoms with van der Waals surface area (Å²) in [4.78, 5) is 43.0. The summed E-state index contributed by atoms with van der Waals surface area (Å²) in [6, 6.07) is 12.5. The molecule has 3 heterocycles. The van der Waals surface area contributed by atoms with Gasteiger partial charge in [-0.3, -0.25) is 14.4 Å². The monoisotopic (exact) mass is 439 g/mol. The van der Waals surface area contributed by atoms with Crippen LogP contribution in [-0.4, -0.2) is 54.3 Å². The van der Waals surface area contributed by atoms with Crippen molar-refractivity contribution in [2.24, 2.45) is 0 Å². The fourth-order valence-electron chi connectivity index (χ4n) is 3.96. The van der Waals surface area contributed by atoms with Gasteiger partial charge in [0.25, 0.3) is 5.91 Å². The van der Waals surface area contributed by atoms with Crippen LogP contribution in [0.3, 0.4) is 0 Å². The summed E-state index contributed by atoms with van der Waals surface area (Å²) in [5.41, 5.74) is 1.19. The summed E-state index contributed by atoms with van der Waals surface area (Å²) < 4.78 is 10.6. The van der Waals surface area contributed by atoms with Crippen LogP contribution in [0.25, 0.3) is 0 Å². The van der Waals surface area contributed by atoms with E-state index in [2.05, 4.69) is 5.32 Å². The summed E-state index contributed by atoms with van der Waals surface area (Å²) in [5.74, 6) is 0.286. The van der Waals surface area contributed by atoms with E-state index in [1.54, 1.807) is 29.2 Å². The number of amides is 3. The van der Waals surface area contributed by atoms with Crippen molar-refractivity contribution < 1.29 is 23.9 Å². The molecule has 1 atom stereocenters. The fraction of sp³-hybridized carbons (Fsp3) is 0.318.